The van der Waals surface area contributed by atoms with Gasteiger partial charge in [0.05, 0.1) is 11.4 Å². The van der Waals surface area contributed by atoms with E-state index in [9.17, 15) is 9.59 Å². The summed E-state index contributed by atoms with van der Waals surface area (Å²) in [6, 6.07) is 6.97. The first kappa shape index (κ1) is 13.0. The molecule has 1 aliphatic rings. The molecule has 7 nitrogen and oxygen atoms in total. The molecule has 0 bridgehead atoms. The Kier molecular flexibility index (Phi) is 2.73. The monoisotopic (exact) mass is 312 g/mol. The van der Waals surface area contributed by atoms with Crippen LogP contribution in [0.4, 0.5) is 0 Å². The van der Waals surface area contributed by atoms with Crippen molar-refractivity contribution in [1.82, 2.24) is 24.9 Å². The van der Waals surface area contributed by atoms with Gasteiger partial charge in [-0.1, -0.05) is 0 Å². The second-order valence-electron chi connectivity index (χ2n) is 4.96. The first-order valence-corrected chi connectivity index (χ1v) is 7.42. The minimum Gasteiger partial charge on any atom is -0.364 e. The zero-order valence-corrected chi connectivity index (χ0v) is 12.0. The molecule has 0 aliphatic carbocycles. The summed E-state index contributed by atoms with van der Waals surface area (Å²) in [6.07, 6.45) is 3.33. The van der Waals surface area contributed by atoms with Crippen molar-refractivity contribution in [2.45, 2.75) is 11.3 Å². The molecule has 3 aromatic heterocycles. The summed E-state index contributed by atoms with van der Waals surface area (Å²) >= 11 is 1.23. The van der Waals surface area contributed by atoms with Crippen LogP contribution in [0.2, 0.25) is 0 Å². The van der Waals surface area contributed by atoms with Gasteiger partial charge in [-0.05, 0) is 35.8 Å². The zero-order chi connectivity index (χ0) is 15.2. The molecule has 1 aliphatic heterocycles. The van der Waals surface area contributed by atoms with Crippen LogP contribution in [0.3, 0.4) is 0 Å². The summed E-state index contributed by atoms with van der Waals surface area (Å²) in [5.74, 6) is -1.83. The Balaban J connectivity index is 2.03. The van der Waals surface area contributed by atoms with Gasteiger partial charge < -0.3 is 4.98 Å². The molecule has 22 heavy (non-hydrogen) atoms. The molecule has 1 radical (unpaired) electrons. The summed E-state index contributed by atoms with van der Waals surface area (Å²) in [4.78, 5) is 28.2. The van der Waals surface area contributed by atoms with E-state index in [0.29, 0.717) is 17.1 Å². The molecular formula is C14H10N5O2S. The fourth-order valence-corrected chi connectivity index (χ4v) is 3.55. The van der Waals surface area contributed by atoms with Gasteiger partial charge in [-0.2, -0.15) is 14.8 Å². The third kappa shape index (κ3) is 1.55. The maximum absolute atomic E-state index is 12.7. The predicted octanol–water partition coefficient (Wildman–Crippen LogP) is 0.935. The molecule has 4 rings (SSSR count). The third-order valence-electron chi connectivity index (χ3n) is 3.91. The first-order valence-electron chi connectivity index (χ1n) is 6.59. The minimum absolute atomic E-state index is 0.451. The number of amides is 2. The molecule has 109 valence electrons. The molecule has 2 unspecified atom stereocenters. The Labute approximate surface area is 128 Å². The SMILES string of the molecule is O=C1[N]C(=O)C(c2cc[nH]n2)(c2ccc[nH]2)C1c1ccsn1. The van der Waals surface area contributed by atoms with E-state index in [1.807, 2.05) is 0 Å². The Morgan fingerprint density at radius 2 is 2.09 bits per heavy atom. The highest BCUT2D eigenvalue weighted by Gasteiger charge is 2.62. The molecule has 2 atom stereocenters. The van der Waals surface area contributed by atoms with Crippen LogP contribution in [0.1, 0.15) is 23.0 Å². The second kappa shape index (κ2) is 4.63. The molecule has 0 spiro atoms. The van der Waals surface area contributed by atoms with Crippen molar-refractivity contribution in [3.05, 3.63) is 59.1 Å². The Hall–Kier alpha value is -2.74. The molecule has 0 saturated carbocycles. The van der Waals surface area contributed by atoms with E-state index in [4.69, 9.17) is 0 Å². The van der Waals surface area contributed by atoms with Crippen molar-refractivity contribution >= 4 is 23.3 Å². The number of aromatic nitrogens is 4. The molecule has 4 heterocycles. The highest BCUT2D eigenvalue weighted by molar-refractivity contribution is 7.03. The Bertz CT molecular complexity index is 773. The van der Waals surface area contributed by atoms with Crippen molar-refractivity contribution in [2.24, 2.45) is 0 Å². The van der Waals surface area contributed by atoms with Crippen LogP contribution in [0.25, 0.3) is 0 Å². The number of H-pyrrole nitrogens is 2. The zero-order valence-electron chi connectivity index (χ0n) is 11.2. The number of rotatable bonds is 3. The van der Waals surface area contributed by atoms with Gasteiger partial charge in [0.1, 0.15) is 5.92 Å². The Morgan fingerprint density at radius 3 is 2.73 bits per heavy atom. The third-order valence-corrected chi connectivity index (χ3v) is 4.48. The molecular weight excluding hydrogens is 302 g/mol. The minimum atomic E-state index is -1.30. The fraction of sp³-hybridized carbons (Fsp3) is 0.143. The van der Waals surface area contributed by atoms with Gasteiger partial charge in [0.15, 0.2) is 5.41 Å². The summed E-state index contributed by atoms with van der Waals surface area (Å²) in [7, 11) is 0. The van der Waals surface area contributed by atoms with Crippen molar-refractivity contribution in [1.29, 1.82) is 0 Å². The van der Waals surface area contributed by atoms with Crippen molar-refractivity contribution in [3.63, 3.8) is 0 Å². The van der Waals surface area contributed by atoms with Gasteiger partial charge in [-0.25, -0.2) is 0 Å². The van der Waals surface area contributed by atoms with Crippen LogP contribution in [0.15, 0.2) is 42.0 Å². The number of carbonyl (C=O) groups excluding carboxylic acids is 2. The topological polar surface area (TPSA) is 106 Å². The van der Waals surface area contributed by atoms with Crippen molar-refractivity contribution in [3.8, 4) is 0 Å². The standard InChI is InChI=1S/C14H10N5O2S/c20-12-11(8-4-7-22-19-8)14(13(21)17-12,9-2-1-5-15-9)10-3-6-16-18-10/h1-7,11,15H,(H,16,18). The van der Waals surface area contributed by atoms with Crippen molar-refractivity contribution < 1.29 is 9.59 Å². The van der Waals surface area contributed by atoms with E-state index in [2.05, 4.69) is 24.9 Å². The summed E-state index contributed by atoms with van der Waals surface area (Å²) in [6.45, 7) is 0. The van der Waals surface area contributed by atoms with Crippen molar-refractivity contribution in [2.75, 3.05) is 0 Å². The summed E-state index contributed by atoms with van der Waals surface area (Å²) in [5.41, 5.74) is 0.265. The molecule has 1 saturated heterocycles. The lowest BCUT2D eigenvalue weighted by Crippen LogP contribution is -2.40. The van der Waals surface area contributed by atoms with Gasteiger partial charge in [-0.3, -0.25) is 14.7 Å². The van der Waals surface area contributed by atoms with Crippen LogP contribution in [-0.2, 0) is 15.0 Å². The highest BCUT2D eigenvalue weighted by atomic mass is 32.1. The van der Waals surface area contributed by atoms with Crippen LogP contribution in [0.5, 0.6) is 0 Å². The molecule has 0 aromatic carbocycles. The molecule has 2 amide bonds. The van der Waals surface area contributed by atoms with Gasteiger partial charge in [-0.15, -0.1) is 0 Å². The maximum atomic E-state index is 12.7. The van der Waals surface area contributed by atoms with Gasteiger partial charge >= 0.3 is 0 Å². The van der Waals surface area contributed by atoms with Gasteiger partial charge in [0, 0.05) is 23.5 Å². The first-order chi connectivity index (χ1) is 10.7. The van der Waals surface area contributed by atoms with E-state index in [1.165, 1.54) is 11.5 Å². The van der Waals surface area contributed by atoms with Crippen LogP contribution >= 0.6 is 11.5 Å². The van der Waals surface area contributed by atoms with Crippen LogP contribution in [-0.4, -0.2) is 31.4 Å². The predicted molar refractivity (Wildman–Crippen MR) is 77.2 cm³/mol. The normalized spacial score (nSPS) is 24.6. The van der Waals surface area contributed by atoms with E-state index < -0.39 is 23.1 Å². The smallest absolute Gasteiger partial charge is 0.268 e. The van der Waals surface area contributed by atoms with E-state index in [0.717, 1.165) is 0 Å². The largest absolute Gasteiger partial charge is 0.364 e. The number of aromatic amines is 2. The van der Waals surface area contributed by atoms with E-state index in [-0.39, 0.29) is 0 Å². The number of nitrogens with one attached hydrogen (secondary N) is 2. The lowest BCUT2D eigenvalue weighted by Gasteiger charge is -2.27. The molecule has 2 N–H and O–H groups in total. The fourth-order valence-electron chi connectivity index (χ4n) is 3.00. The van der Waals surface area contributed by atoms with E-state index >= 15 is 0 Å². The van der Waals surface area contributed by atoms with Gasteiger partial charge in [0.25, 0.3) is 11.8 Å². The van der Waals surface area contributed by atoms with Crippen LogP contribution in [0, 0.1) is 0 Å². The quantitative estimate of drug-likeness (QED) is 0.702. The summed E-state index contributed by atoms with van der Waals surface area (Å²) in [5, 5.41) is 12.4. The highest BCUT2D eigenvalue weighted by Crippen LogP contribution is 2.47. The average Bonchev–Trinajstić information content (AvgIpc) is 3.27. The molecule has 1 fully saturated rings. The number of nitrogens with zero attached hydrogens (tertiary/aromatic N) is 3. The summed E-state index contributed by atoms with van der Waals surface area (Å²) < 4.78 is 4.25. The lowest BCUT2D eigenvalue weighted by atomic mass is 9.70. The molecule has 3 aromatic rings. The number of carbonyl (C=O) groups is 2. The lowest BCUT2D eigenvalue weighted by molar-refractivity contribution is -0.126. The number of hydrogen-bond donors (Lipinski definition) is 2. The second-order valence-corrected chi connectivity index (χ2v) is 5.63. The average molecular weight is 312 g/mol. The van der Waals surface area contributed by atoms with E-state index in [1.54, 1.807) is 42.0 Å². The van der Waals surface area contributed by atoms with Crippen LogP contribution < -0.4 is 5.32 Å². The Morgan fingerprint density at radius 1 is 1.18 bits per heavy atom. The van der Waals surface area contributed by atoms with Gasteiger partial charge in [0.2, 0.25) is 0 Å². The maximum Gasteiger partial charge on any atom is 0.268 e. The molecule has 8 heteroatoms. The number of imide groups is 1. The number of hydrogen-bond acceptors (Lipinski definition) is 5.